The number of amides is 1. The SMILES string of the molecule is CCCCCCCCCn1c(C2CC(=O)N(c3ccccc3CC)C2)nc2ccccc21. The second-order valence-electron chi connectivity index (χ2n) is 9.12. The first-order chi connectivity index (χ1) is 15.7. The van der Waals surface area contributed by atoms with E-state index in [-0.39, 0.29) is 11.8 Å². The number of rotatable bonds is 11. The molecule has 4 nitrogen and oxygen atoms in total. The highest BCUT2D eigenvalue weighted by atomic mass is 16.2. The maximum absolute atomic E-state index is 13.0. The summed E-state index contributed by atoms with van der Waals surface area (Å²) >= 11 is 0. The largest absolute Gasteiger partial charge is 0.328 e. The molecule has 0 bridgehead atoms. The molecule has 0 spiro atoms. The Labute approximate surface area is 192 Å². The van der Waals surface area contributed by atoms with Gasteiger partial charge in [-0.2, -0.15) is 0 Å². The van der Waals surface area contributed by atoms with E-state index in [2.05, 4.69) is 60.9 Å². The fraction of sp³-hybridized carbons (Fsp3) is 0.500. The smallest absolute Gasteiger partial charge is 0.227 e. The number of fused-ring (bicyclic) bond motifs is 1. The zero-order valence-electron chi connectivity index (χ0n) is 19.7. The predicted octanol–water partition coefficient (Wildman–Crippen LogP) is 6.87. The molecule has 1 fully saturated rings. The fourth-order valence-electron chi connectivity index (χ4n) is 5.05. The molecule has 4 heteroatoms. The third-order valence-electron chi connectivity index (χ3n) is 6.82. The van der Waals surface area contributed by atoms with E-state index in [1.54, 1.807) is 0 Å². The first-order valence-corrected chi connectivity index (χ1v) is 12.6. The molecule has 170 valence electrons. The number of nitrogens with zero attached hydrogens (tertiary/aromatic N) is 3. The molecule has 1 saturated heterocycles. The zero-order chi connectivity index (χ0) is 22.3. The van der Waals surface area contributed by atoms with Gasteiger partial charge < -0.3 is 9.47 Å². The lowest BCUT2D eigenvalue weighted by Gasteiger charge is -2.20. The molecule has 0 aliphatic carbocycles. The van der Waals surface area contributed by atoms with Crippen LogP contribution in [0.15, 0.2) is 48.5 Å². The summed E-state index contributed by atoms with van der Waals surface area (Å²) in [6, 6.07) is 16.7. The van der Waals surface area contributed by atoms with Crippen LogP contribution in [0.25, 0.3) is 11.0 Å². The van der Waals surface area contributed by atoms with E-state index in [1.807, 2.05) is 11.0 Å². The second-order valence-corrected chi connectivity index (χ2v) is 9.12. The Hall–Kier alpha value is -2.62. The summed E-state index contributed by atoms with van der Waals surface area (Å²) in [5.41, 5.74) is 4.55. The van der Waals surface area contributed by atoms with E-state index >= 15 is 0 Å². The molecule has 3 aromatic rings. The van der Waals surface area contributed by atoms with Crippen LogP contribution >= 0.6 is 0 Å². The molecule has 1 atom stereocenters. The number of aromatic nitrogens is 2. The van der Waals surface area contributed by atoms with Crippen LogP contribution < -0.4 is 4.90 Å². The quantitative estimate of drug-likeness (QED) is 0.311. The van der Waals surface area contributed by atoms with Crippen LogP contribution in [0.5, 0.6) is 0 Å². The number of para-hydroxylation sites is 3. The number of unbranched alkanes of at least 4 members (excludes halogenated alkanes) is 6. The molecule has 1 aliphatic heterocycles. The van der Waals surface area contributed by atoms with Gasteiger partial charge >= 0.3 is 0 Å². The number of aryl methyl sites for hydroxylation is 2. The van der Waals surface area contributed by atoms with Crippen molar-refractivity contribution < 1.29 is 4.79 Å². The Kier molecular flexibility index (Phi) is 7.62. The molecule has 1 aliphatic rings. The molecular weight excluding hydrogens is 394 g/mol. The van der Waals surface area contributed by atoms with Gasteiger partial charge in [-0.3, -0.25) is 4.79 Å². The first-order valence-electron chi connectivity index (χ1n) is 12.6. The van der Waals surface area contributed by atoms with E-state index in [0.717, 1.165) is 36.5 Å². The van der Waals surface area contributed by atoms with Gasteiger partial charge in [0.05, 0.1) is 11.0 Å². The predicted molar refractivity (Wildman–Crippen MR) is 133 cm³/mol. The molecule has 32 heavy (non-hydrogen) atoms. The van der Waals surface area contributed by atoms with Gasteiger partial charge in [0.25, 0.3) is 0 Å². The number of carbonyl (C=O) groups excluding carboxylic acids is 1. The Morgan fingerprint density at radius 2 is 1.62 bits per heavy atom. The molecule has 0 saturated carbocycles. The Morgan fingerprint density at radius 1 is 0.906 bits per heavy atom. The molecule has 1 amide bonds. The Bertz CT molecular complexity index is 1040. The minimum absolute atomic E-state index is 0.143. The van der Waals surface area contributed by atoms with E-state index in [4.69, 9.17) is 4.98 Å². The van der Waals surface area contributed by atoms with Gasteiger partial charge in [-0.1, -0.05) is 82.7 Å². The molecule has 2 heterocycles. The number of hydrogen-bond acceptors (Lipinski definition) is 2. The standard InChI is InChI=1S/C28H37N3O/c1-3-5-6-7-8-9-14-19-30-26-18-13-11-16-24(26)29-28(30)23-20-27(32)31(21-23)25-17-12-10-15-22(25)4-2/h10-13,15-18,23H,3-9,14,19-21H2,1-2H3. The number of hydrogen-bond donors (Lipinski definition) is 0. The van der Waals surface area contributed by atoms with Crippen LogP contribution in [0, 0.1) is 0 Å². The Balaban J connectivity index is 1.51. The molecule has 2 aromatic carbocycles. The van der Waals surface area contributed by atoms with Crippen LogP contribution in [-0.2, 0) is 17.8 Å². The van der Waals surface area contributed by atoms with Crippen molar-refractivity contribution in [2.75, 3.05) is 11.4 Å². The van der Waals surface area contributed by atoms with E-state index in [1.165, 1.54) is 56.0 Å². The van der Waals surface area contributed by atoms with Crippen LogP contribution in [-0.4, -0.2) is 22.0 Å². The lowest BCUT2D eigenvalue weighted by atomic mass is 10.1. The fourth-order valence-corrected chi connectivity index (χ4v) is 5.05. The number of benzene rings is 2. The normalized spacial score (nSPS) is 16.4. The Morgan fingerprint density at radius 3 is 2.44 bits per heavy atom. The topological polar surface area (TPSA) is 38.1 Å². The van der Waals surface area contributed by atoms with Crippen molar-refractivity contribution in [1.82, 2.24) is 9.55 Å². The van der Waals surface area contributed by atoms with Gasteiger partial charge in [0.1, 0.15) is 5.82 Å². The second kappa shape index (κ2) is 10.8. The summed E-state index contributed by atoms with van der Waals surface area (Å²) in [5, 5.41) is 0. The summed E-state index contributed by atoms with van der Waals surface area (Å²) < 4.78 is 2.40. The lowest BCUT2D eigenvalue weighted by molar-refractivity contribution is -0.117. The van der Waals surface area contributed by atoms with Crippen LogP contribution in [0.4, 0.5) is 5.69 Å². The van der Waals surface area contributed by atoms with E-state index in [9.17, 15) is 4.79 Å². The van der Waals surface area contributed by atoms with Gasteiger partial charge in [-0.15, -0.1) is 0 Å². The lowest BCUT2D eigenvalue weighted by Crippen LogP contribution is -2.25. The number of imidazole rings is 1. The highest BCUT2D eigenvalue weighted by molar-refractivity contribution is 5.97. The van der Waals surface area contributed by atoms with Crippen molar-refractivity contribution in [2.24, 2.45) is 0 Å². The minimum atomic E-state index is 0.143. The molecule has 1 unspecified atom stereocenters. The van der Waals surface area contributed by atoms with Crippen molar-refractivity contribution in [2.45, 2.75) is 84.1 Å². The van der Waals surface area contributed by atoms with E-state index < -0.39 is 0 Å². The average molecular weight is 432 g/mol. The highest BCUT2D eigenvalue weighted by Gasteiger charge is 2.35. The third-order valence-corrected chi connectivity index (χ3v) is 6.82. The van der Waals surface area contributed by atoms with Crippen LogP contribution in [0.3, 0.4) is 0 Å². The van der Waals surface area contributed by atoms with E-state index in [0.29, 0.717) is 6.42 Å². The summed E-state index contributed by atoms with van der Waals surface area (Å²) in [7, 11) is 0. The minimum Gasteiger partial charge on any atom is -0.328 e. The first kappa shape index (κ1) is 22.6. The van der Waals surface area contributed by atoms with Crippen molar-refractivity contribution >= 4 is 22.6 Å². The maximum Gasteiger partial charge on any atom is 0.227 e. The molecular formula is C28H37N3O. The molecule has 1 aromatic heterocycles. The zero-order valence-corrected chi connectivity index (χ0v) is 19.7. The van der Waals surface area contributed by atoms with Gasteiger partial charge in [-0.25, -0.2) is 4.98 Å². The highest BCUT2D eigenvalue weighted by Crippen LogP contribution is 2.35. The monoisotopic (exact) mass is 431 g/mol. The van der Waals surface area contributed by atoms with Gasteiger partial charge in [0.15, 0.2) is 0 Å². The van der Waals surface area contributed by atoms with Crippen LogP contribution in [0.1, 0.15) is 82.5 Å². The average Bonchev–Trinajstić information content (AvgIpc) is 3.39. The summed E-state index contributed by atoms with van der Waals surface area (Å²) in [5.74, 6) is 1.44. The molecule has 4 rings (SSSR count). The van der Waals surface area contributed by atoms with Gasteiger partial charge in [-0.05, 0) is 36.6 Å². The number of carbonyl (C=O) groups is 1. The molecule has 0 N–H and O–H groups in total. The summed E-state index contributed by atoms with van der Waals surface area (Å²) in [6.45, 7) is 6.12. The summed E-state index contributed by atoms with van der Waals surface area (Å²) in [6.07, 6.45) is 10.6. The van der Waals surface area contributed by atoms with Crippen LogP contribution in [0.2, 0.25) is 0 Å². The number of anilines is 1. The van der Waals surface area contributed by atoms with Crippen molar-refractivity contribution in [3.05, 3.63) is 59.9 Å². The van der Waals surface area contributed by atoms with Gasteiger partial charge in [0.2, 0.25) is 5.91 Å². The third kappa shape index (κ3) is 4.90. The maximum atomic E-state index is 13.0. The summed E-state index contributed by atoms with van der Waals surface area (Å²) in [4.78, 5) is 20.0. The van der Waals surface area contributed by atoms with Gasteiger partial charge in [0, 0.05) is 31.1 Å². The molecule has 0 radical (unpaired) electrons. The van der Waals surface area contributed by atoms with Crippen molar-refractivity contribution in [3.63, 3.8) is 0 Å². The van der Waals surface area contributed by atoms with Crippen molar-refractivity contribution in [3.8, 4) is 0 Å². The van der Waals surface area contributed by atoms with Crippen molar-refractivity contribution in [1.29, 1.82) is 0 Å².